The van der Waals surface area contributed by atoms with Gasteiger partial charge < -0.3 is 4.90 Å². The molecule has 1 aromatic heterocycles. The lowest BCUT2D eigenvalue weighted by molar-refractivity contribution is 0.0627. The predicted octanol–water partition coefficient (Wildman–Crippen LogP) is 3.47. The van der Waals surface area contributed by atoms with Crippen LogP contribution >= 0.6 is 27.3 Å². The molecule has 0 aliphatic carbocycles. The van der Waals surface area contributed by atoms with Gasteiger partial charge in [0.2, 0.25) is 0 Å². The number of nitrogens with zero attached hydrogens (tertiary/aromatic N) is 2. The Labute approximate surface area is 137 Å². The van der Waals surface area contributed by atoms with Gasteiger partial charge in [-0.25, -0.2) is 0 Å². The molecular weight excluding hydrogens is 348 g/mol. The van der Waals surface area contributed by atoms with E-state index in [1.54, 1.807) is 11.3 Å². The number of hydrogen-bond donors (Lipinski definition) is 0. The topological polar surface area (TPSA) is 23.6 Å². The minimum absolute atomic E-state index is 0.123. The average Bonchev–Trinajstić information content (AvgIpc) is 3.01. The predicted molar refractivity (Wildman–Crippen MR) is 89.6 cm³/mol. The molecule has 1 amide bonds. The van der Waals surface area contributed by atoms with Gasteiger partial charge in [0.15, 0.2) is 0 Å². The molecule has 1 fully saturated rings. The molecule has 0 saturated carbocycles. The van der Waals surface area contributed by atoms with Crippen molar-refractivity contribution in [3.05, 3.63) is 56.7 Å². The molecule has 0 unspecified atom stereocenters. The van der Waals surface area contributed by atoms with E-state index >= 15 is 0 Å². The van der Waals surface area contributed by atoms with Crippen LogP contribution in [0.2, 0.25) is 0 Å². The van der Waals surface area contributed by atoms with Crippen molar-refractivity contribution in [1.29, 1.82) is 0 Å². The minimum Gasteiger partial charge on any atom is -0.336 e. The zero-order chi connectivity index (χ0) is 14.7. The Hall–Kier alpha value is -1.17. The number of piperazine rings is 1. The molecule has 5 heteroatoms. The molecule has 0 radical (unpaired) electrons. The summed E-state index contributed by atoms with van der Waals surface area (Å²) in [4.78, 5) is 16.9. The lowest BCUT2D eigenvalue weighted by atomic mass is 10.2. The van der Waals surface area contributed by atoms with Crippen molar-refractivity contribution in [2.75, 3.05) is 26.2 Å². The molecule has 0 atom stereocenters. The highest BCUT2D eigenvalue weighted by Gasteiger charge is 2.23. The number of benzene rings is 1. The third-order valence-electron chi connectivity index (χ3n) is 3.75. The third-order valence-corrected chi connectivity index (χ3v) is 5.17. The van der Waals surface area contributed by atoms with Gasteiger partial charge in [-0.2, -0.15) is 11.3 Å². The summed E-state index contributed by atoms with van der Waals surface area (Å²) in [5.41, 5.74) is 2.12. The van der Waals surface area contributed by atoms with Gasteiger partial charge in [0.25, 0.3) is 5.91 Å². The first-order chi connectivity index (χ1) is 10.2. The number of carbonyl (C=O) groups excluding carboxylic acids is 1. The summed E-state index contributed by atoms with van der Waals surface area (Å²) in [6.45, 7) is 4.45. The van der Waals surface area contributed by atoms with E-state index in [2.05, 4.69) is 37.7 Å². The minimum atomic E-state index is 0.123. The van der Waals surface area contributed by atoms with Crippen molar-refractivity contribution in [2.45, 2.75) is 6.54 Å². The molecule has 1 aromatic carbocycles. The Kier molecular flexibility index (Phi) is 4.73. The summed E-state index contributed by atoms with van der Waals surface area (Å²) in [7, 11) is 0. The molecule has 0 N–H and O–H groups in total. The first kappa shape index (κ1) is 14.8. The molecule has 0 spiro atoms. The SMILES string of the molecule is O=C(c1ccccc1Br)N1CCN(Cc2ccsc2)CC1. The van der Waals surface area contributed by atoms with Crippen molar-refractivity contribution in [1.82, 2.24) is 9.80 Å². The first-order valence-electron chi connectivity index (χ1n) is 7.01. The van der Waals surface area contributed by atoms with Crippen LogP contribution in [0.3, 0.4) is 0 Å². The fourth-order valence-electron chi connectivity index (χ4n) is 2.55. The van der Waals surface area contributed by atoms with Gasteiger partial charge in [-0.1, -0.05) is 12.1 Å². The maximum atomic E-state index is 12.5. The maximum Gasteiger partial charge on any atom is 0.255 e. The lowest BCUT2D eigenvalue weighted by Crippen LogP contribution is -2.48. The fourth-order valence-corrected chi connectivity index (χ4v) is 3.67. The second-order valence-electron chi connectivity index (χ2n) is 5.18. The Morgan fingerprint density at radius 1 is 1.14 bits per heavy atom. The van der Waals surface area contributed by atoms with E-state index < -0.39 is 0 Å². The molecule has 110 valence electrons. The monoisotopic (exact) mass is 364 g/mol. The van der Waals surface area contributed by atoms with E-state index in [9.17, 15) is 4.79 Å². The van der Waals surface area contributed by atoms with Crippen LogP contribution in [0.15, 0.2) is 45.6 Å². The van der Waals surface area contributed by atoms with Crippen molar-refractivity contribution in [2.24, 2.45) is 0 Å². The number of halogens is 1. The zero-order valence-corrected chi connectivity index (χ0v) is 14.1. The third kappa shape index (κ3) is 3.54. The molecule has 3 nitrogen and oxygen atoms in total. The van der Waals surface area contributed by atoms with Crippen molar-refractivity contribution in [3.8, 4) is 0 Å². The Balaban J connectivity index is 1.58. The number of amides is 1. The lowest BCUT2D eigenvalue weighted by Gasteiger charge is -2.34. The molecule has 0 bridgehead atoms. The zero-order valence-electron chi connectivity index (χ0n) is 11.7. The number of carbonyl (C=O) groups is 1. The Morgan fingerprint density at radius 3 is 2.57 bits per heavy atom. The van der Waals surface area contributed by atoms with E-state index in [1.807, 2.05) is 29.2 Å². The summed E-state index contributed by atoms with van der Waals surface area (Å²) in [6, 6.07) is 9.80. The molecule has 1 aliphatic rings. The van der Waals surface area contributed by atoms with E-state index in [4.69, 9.17) is 0 Å². The maximum absolute atomic E-state index is 12.5. The van der Waals surface area contributed by atoms with Crippen LogP contribution in [-0.4, -0.2) is 41.9 Å². The molecule has 1 saturated heterocycles. The second-order valence-corrected chi connectivity index (χ2v) is 6.81. The summed E-state index contributed by atoms with van der Waals surface area (Å²) >= 11 is 5.19. The van der Waals surface area contributed by atoms with Crippen molar-refractivity contribution < 1.29 is 4.79 Å². The average molecular weight is 365 g/mol. The first-order valence-corrected chi connectivity index (χ1v) is 8.75. The molecule has 3 rings (SSSR count). The summed E-state index contributed by atoms with van der Waals surface area (Å²) in [5.74, 6) is 0.123. The normalized spacial score (nSPS) is 16.1. The molecule has 2 aromatic rings. The van der Waals surface area contributed by atoms with E-state index in [-0.39, 0.29) is 5.91 Å². The van der Waals surface area contributed by atoms with Gasteiger partial charge in [0.05, 0.1) is 5.56 Å². The van der Waals surface area contributed by atoms with Crippen molar-refractivity contribution >= 4 is 33.2 Å². The van der Waals surface area contributed by atoms with Crippen LogP contribution in [-0.2, 0) is 6.54 Å². The molecular formula is C16H17BrN2OS. The van der Waals surface area contributed by atoms with Crippen LogP contribution in [0, 0.1) is 0 Å². The summed E-state index contributed by atoms with van der Waals surface area (Å²) in [5, 5.41) is 4.31. The highest BCUT2D eigenvalue weighted by atomic mass is 79.9. The van der Waals surface area contributed by atoms with E-state index in [0.29, 0.717) is 0 Å². The summed E-state index contributed by atoms with van der Waals surface area (Å²) < 4.78 is 0.871. The smallest absolute Gasteiger partial charge is 0.255 e. The quantitative estimate of drug-likeness (QED) is 0.832. The highest BCUT2D eigenvalue weighted by Crippen LogP contribution is 2.19. The van der Waals surface area contributed by atoms with Gasteiger partial charge in [0, 0.05) is 37.2 Å². The van der Waals surface area contributed by atoms with E-state index in [0.717, 1.165) is 42.8 Å². The van der Waals surface area contributed by atoms with Crippen LogP contribution in [0.1, 0.15) is 15.9 Å². The van der Waals surface area contributed by atoms with Gasteiger partial charge in [-0.3, -0.25) is 9.69 Å². The van der Waals surface area contributed by atoms with Crippen molar-refractivity contribution in [3.63, 3.8) is 0 Å². The molecule has 21 heavy (non-hydrogen) atoms. The Morgan fingerprint density at radius 2 is 1.90 bits per heavy atom. The van der Waals surface area contributed by atoms with Gasteiger partial charge in [0.1, 0.15) is 0 Å². The molecule has 2 heterocycles. The van der Waals surface area contributed by atoms with E-state index in [1.165, 1.54) is 5.56 Å². The number of thiophene rings is 1. The van der Waals surface area contributed by atoms with Gasteiger partial charge in [-0.15, -0.1) is 0 Å². The van der Waals surface area contributed by atoms with Crippen LogP contribution in [0.25, 0.3) is 0 Å². The molecule has 1 aliphatic heterocycles. The highest BCUT2D eigenvalue weighted by molar-refractivity contribution is 9.10. The second kappa shape index (κ2) is 6.73. The fraction of sp³-hybridized carbons (Fsp3) is 0.312. The summed E-state index contributed by atoms with van der Waals surface area (Å²) in [6.07, 6.45) is 0. The van der Waals surface area contributed by atoms with Crippen LogP contribution in [0.5, 0.6) is 0 Å². The Bertz CT molecular complexity index is 606. The van der Waals surface area contributed by atoms with Crippen LogP contribution < -0.4 is 0 Å². The largest absolute Gasteiger partial charge is 0.336 e. The standard InChI is InChI=1S/C16H17BrN2OS/c17-15-4-2-1-3-14(15)16(20)19-8-6-18(7-9-19)11-13-5-10-21-12-13/h1-5,10,12H,6-9,11H2. The van der Waals surface area contributed by atoms with Gasteiger partial charge in [-0.05, 0) is 50.5 Å². The number of hydrogen-bond acceptors (Lipinski definition) is 3. The van der Waals surface area contributed by atoms with Gasteiger partial charge >= 0.3 is 0 Å². The number of rotatable bonds is 3. The van der Waals surface area contributed by atoms with Crippen LogP contribution in [0.4, 0.5) is 0 Å².